The Morgan fingerprint density at radius 2 is 0.646 bits per heavy atom. The Hall–Kier alpha value is -1.14. The molecular formula is C42H86N4O2. The molecule has 48 heavy (non-hydrogen) atoms. The van der Waals surface area contributed by atoms with Gasteiger partial charge in [-0.2, -0.15) is 0 Å². The number of hydrogen-bond acceptors (Lipinski definition) is 4. The van der Waals surface area contributed by atoms with Gasteiger partial charge in [-0.15, -0.1) is 0 Å². The minimum atomic E-state index is 0.161. The number of carbonyl (C=O) groups is 2. The third kappa shape index (κ3) is 37.7. The first-order chi connectivity index (χ1) is 23.6. The van der Waals surface area contributed by atoms with Crippen molar-refractivity contribution in [3.63, 3.8) is 0 Å². The zero-order valence-corrected chi connectivity index (χ0v) is 32.7. The number of nitrogens with one attached hydrogen (secondary N) is 2. The Balaban J connectivity index is 3.56. The van der Waals surface area contributed by atoms with Crippen LogP contribution in [0.1, 0.15) is 219 Å². The van der Waals surface area contributed by atoms with Crippen molar-refractivity contribution in [3.8, 4) is 0 Å². The molecule has 0 radical (unpaired) electrons. The van der Waals surface area contributed by atoms with Gasteiger partial charge in [-0.05, 0) is 12.8 Å². The second kappa shape index (κ2) is 40.3. The first-order valence-electron chi connectivity index (χ1n) is 21.6. The Labute approximate surface area is 300 Å². The summed E-state index contributed by atoms with van der Waals surface area (Å²) in [4.78, 5) is 26.8. The second-order valence-electron chi connectivity index (χ2n) is 14.7. The fraction of sp³-hybridized carbons (Fsp3) is 0.952. The average molecular weight is 679 g/mol. The topological polar surface area (TPSA) is 87.5 Å². The molecule has 0 spiro atoms. The van der Waals surface area contributed by atoms with Crippen molar-refractivity contribution in [1.82, 2.24) is 15.5 Å². The number of amides is 2. The summed E-state index contributed by atoms with van der Waals surface area (Å²) in [6.07, 6.45) is 41.4. The summed E-state index contributed by atoms with van der Waals surface area (Å²) in [5.74, 6) is 0.323. The molecule has 6 nitrogen and oxygen atoms in total. The lowest BCUT2D eigenvalue weighted by molar-refractivity contribution is -0.121. The molecule has 0 aliphatic heterocycles. The van der Waals surface area contributed by atoms with Gasteiger partial charge in [-0.25, -0.2) is 0 Å². The zero-order chi connectivity index (χ0) is 35.0. The highest BCUT2D eigenvalue weighted by Gasteiger charge is 2.07. The first-order valence-corrected chi connectivity index (χ1v) is 21.6. The van der Waals surface area contributed by atoms with Crippen LogP contribution < -0.4 is 16.4 Å². The summed E-state index contributed by atoms with van der Waals surface area (Å²) in [7, 11) is 0. The van der Waals surface area contributed by atoms with Crippen LogP contribution in [-0.4, -0.2) is 56.0 Å². The Bertz CT molecular complexity index is 608. The van der Waals surface area contributed by atoms with Crippen LogP contribution in [0, 0.1) is 0 Å². The van der Waals surface area contributed by atoms with Crippen molar-refractivity contribution in [1.29, 1.82) is 0 Å². The van der Waals surface area contributed by atoms with Crippen LogP contribution in [0.5, 0.6) is 0 Å². The van der Waals surface area contributed by atoms with E-state index in [1.165, 1.54) is 167 Å². The molecule has 0 saturated carbocycles. The van der Waals surface area contributed by atoms with Crippen molar-refractivity contribution < 1.29 is 9.59 Å². The molecule has 4 N–H and O–H groups in total. The van der Waals surface area contributed by atoms with Crippen LogP contribution in [-0.2, 0) is 9.59 Å². The van der Waals surface area contributed by atoms with Crippen molar-refractivity contribution in [2.45, 2.75) is 219 Å². The molecule has 0 aromatic rings. The van der Waals surface area contributed by atoms with E-state index in [1.807, 2.05) is 0 Å². The number of unbranched alkanes of at least 4 members (excludes halogenated alkanes) is 28. The van der Waals surface area contributed by atoms with E-state index in [4.69, 9.17) is 5.73 Å². The summed E-state index contributed by atoms with van der Waals surface area (Å²) in [5, 5.41) is 6.17. The van der Waals surface area contributed by atoms with Crippen LogP contribution >= 0.6 is 0 Å². The number of nitrogens with zero attached hydrogens (tertiary/aromatic N) is 1. The van der Waals surface area contributed by atoms with E-state index in [0.717, 1.165) is 45.3 Å². The van der Waals surface area contributed by atoms with Crippen LogP contribution in [0.25, 0.3) is 0 Å². The Kier molecular flexibility index (Phi) is 39.3. The zero-order valence-electron chi connectivity index (χ0n) is 32.7. The number of carbonyl (C=O) groups excluding carboxylic acids is 2. The maximum Gasteiger partial charge on any atom is 0.220 e. The van der Waals surface area contributed by atoms with E-state index >= 15 is 0 Å². The summed E-state index contributed by atoms with van der Waals surface area (Å²) in [6.45, 7) is 8.77. The molecule has 0 aliphatic rings. The smallest absolute Gasteiger partial charge is 0.220 e. The Morgan fingerprint density at radius 1 is 0.396 bits per heavy atom. The van der Waals surface area contributed by atoms with E-state index < -0.39 is 0 Å². The number of nitrogens with two attached hydrogens (primary N) is 1. The predicted octanol–water partition coefficient (Wildman–Crippen LogP) is 11.0. The number of rotatable bonds is 40. The molecule has 0 aliphatic carbocycles. The molecule has 0 saturated heterocycles. The molecule has 0 aromatic carbocycles. The van der Waals surface area contributed by atoms with Gasteiger partial charge in [0.1, 0.15) is 0 Å². The molecule has 2 amide bonds. The monoisotopic (exact) mass is 679 g/mol. The summed E-state index contributed by atoms with van der Waals surface area (Å²) in [5.41, 5.74) is 5.82. The first kappa shape index (κ1) is 46.9. The maximum atomic E-state index is 12.3. The van der Waals surface area contributed by atoms with E-state index in [1.54, 1.807) is 0 Å². The predicted molar refractivity (Wildman–Crippen MR) is 211 cm³/mol. The molecule has 0 atom stereocenters. The molecule has 6 heteroatoms. The van der Waals surface area contributed by atoms with Crippen LogP contribution in [0.2, 0.25) is 0 Å². The fourth-order valence-electron chi connectivity index (χ4n) is 6.72. The van der Waals surface area contributed by atoms with Crippen molar-refractivity contribution >= 4 is 11.8 Å². The minimum Gasteiger partial charge on any atom is -0.355 e. The quantitative estimate of drug-likeness (QED) is 0.0563. The van der Waals surface area contributed by atoms with Gasteiger partial charge < -0.3 is 16.4 Å². The summed E-state index contributed by atoms with van der Waals surface area (Å²) >= 11 is 0. The van der Waals surface area contributed by atoms with Gasteiger partial charge in [-0.3, -0.25) is 14.5 Å². The van der Waals surface area contributed by atoms with E-state index in [9.17, 15) is 9.59 Å². The van der Waals surface area contributed by atoms with Crippen LogP contribution in [0.4, 0.5) is 0 Å². The minimum absolute atomic E-state index is 0.161. The van der Waals surface area contributed by atoms with Gasteiger partial charge in [0, 0.05) is 52.1 Å². The second-order valence-corrected chi connectivity index (χ2v) is 14.7. The SMILES string of the molecule is CCCCCCCCCCCCCCCCCC(=O)NCCN(CCN)CCNC(=O)CCCCCCCCCCCCCCCCC. The van der Waals surface area contributed by atoms with Gasteiger partial charge >= 0.3 is 0 Å². The molecule has 0 unspecified atom stereocenters. The fourth-order valence-corrected chi connectivity index (χ4v) is 6.72. The van der Waals surface area contributed by atoms with E-state index in [-0.39, 0.29) is 11.8 Å². The van der Waals surface area contributed by atoms with Crippen LogP contribution in [0.15, 0.2) is 0 Å². The van der Waals surface area contributed by atoms with Crippen molar-refractivity contribution in [3.05, 3.63) is 0 Å². The molecule has 0 aromatic heterocycles. The number of hydrogen-bond donors (Lipinski definition) is 3. The summed E-state index contributed by atoms with van der Waals surface area (Å²) < 4.78 is 0. The largest absolute Gasteiger partial charge is 0.355 e. The standard InChI is InChI=1S/C42H86N4O2/c1-3-5-7-9-11-13-15-17-19-21-23-25-27-29-31-33-41(47)44-36-39-46(38-35-43)40-37-45-42(48)34-32-30-28-26-24-22-20-18-16-14-12-10-8-6-4-2/h3-40,43H2,1-2H3,(H,44,47)(H,45,48). The lowest BCUT2D eigenvalue weighted by Gasteiger charge is -2.22. The molecule has 0 heterocycles. The molecular weight excluding hydrogens is 592 g/mol. The average Bonchev–Trinajstić information content (AvgIpc) is 3.08. The van der Waals surface area contributed by atoms with E-state index in [0.29, 0.717) is 32.5 Å². The van der Waals surface area contributed by atoms with Gasteiger partial charge in [-0.1, -0.05) is 194 Å². The molecule has 286 valence electrons. The molecule has 0 rings (SSSR count). The highest BCUT2D eigenvalue weighted by molar-refractivity contribution is 5.76. The third-order valence-corrected chi connectivity index (χ3v) is 9.96. The normalized spacial score (nSPS) is 11.4. The third-order valence-electron chi connectivity index (χ3n) is 9.96. The van der Waals surface area contributed by atoms with Gasteiger partial charge in [0.15, 0.2) is 0 Å². The van der Waals surface area contributed by atoms with Crippen molar-refractivity contribution in [2.75, 3.05) is 39.3 Å². The van der Waals surface area contributed by atoms with Crippen molar-refractivity contribution in [2.24, 2.45) is 5.73 Å². The lowest BCUT2D eigenvalue weighted by atomic mass is 10.0. The lowest BCUT2D eigenvalue weighted by Crippen LogP contribution is -2.41. The summed E-state index contributed by atoms with van der Waals surface area (Å²) in [6, 6.07) is 0. The maximum absolute atomic E-state index is 12.3. The molecule has 0 fully saturated rings. The van der Waals surface area contributed by atoms with Crippen LogP contribution in [0.3, 0.4) is 0 Å². The highest BCUT2D eigenvalue weighted by Crippen LogP contribution is 2.15. The Morgan fingerprint density at radius 3 is 0.896 bits per heavy atom. The van der Waals surface area contributed by atoms with Gasteiger partial charge in [0.25, 0.3) is 0 Å². The van der Waals surface area contributed by atoms with Gasteiger partial charge in [0.05, 0.1) is 0 Å². The van der Waals surface area contributed by atoms with Gasteiger partial charge in [0.2, 0.25) is 11.8 Å². The highest BCUT2D eigenvalue weighted by atomic mass is 16.2. The van der Waals surface area contributed by atoms with E-state index in [2.05, 4.69) is 29.4 Å². The molecule has 0 bridgehead atoms.